The van der Waals surface area contributed by atoms with Crippen LogP contribution in [0.1, 0.15) is 36.6 Å². The summed E-state index contributed by atoms with van der Waals surface area (Å²) in [6.45, 7) is 6.49. The SMILES string of the molecule is COc1ccccc1[C@H](C)N[C@H](C)C(=O)NCc1ccc(C)cc1. The van der Waals surface area contributed by atoms with Crippen molar-refractivity contribution in [2.75, 3.05) is 7.11 Å². The normalized spacial score (nSPS) is 13.2. The van der Waals surface area contributed by atoms with E-state index in [1.54, 1.807) is 7.11 Å². The number of amides is 1. The van der Waals surface area contributed by atoms with Gasteiger partial charge < -0.3 is 10.1 Å². The van der Waals surface area contributed by atoms with Gasteiger partial charge in [0.05, 0.1) is 13.2 Å². The maximum absolute atomic E-state index is 12.3. The molecule has 24 heavy (non-hydrogen) atoms. The summed E-state index contributed by atoms with van der Waals surface area (Å²) < 4.78 is 5.38. The molecule has 4 heteroatoms. The van der Waals surface area contributed by atoms with E-state index in [1.165, 1.54) is 5.56 Å². The van der Waals surface area contributed by atoms with E-state index in [1.807, 2.05) is 69.3 Å². The van der Waals surface area contributed by atoms with Crippen LogP contribution in [-0.2, 0) is 11.3 Å². The summed E-state index contributed by atoms with van der Waals surface area (Å²) in [6, 6.07) is 15.7. The number of hydrogen-bond donors (Lipinski definition) is 2. The summed E-state index contributed by atoms with van der Waals surface area (Å²) in [4.78, 5) is 12.3. The Hall–Kier alpha value is -2.33. The molecule has 0 radical (unpaired) electrons. The summed E-state index contributed by atoms with van der Waals surface area (Å²) in [5, 5.41) is 6.29. The fraction of sp³-hybridized carbons (Fsp3) is 0.350. The Kier molecular flexibility index (Phi) is 6.38. The first-order chi connectivity index (χ1) is 11.5. The zero-order chi connectivity index (χ0) is 17.5. The van der Waals surface area contributed by atoms with Crippen LogP contribution in [0, 0.1) is 6.92 Å². The van der Waals surface area contributed by atoms with Crippen molar-refractivity contribution in [2.45, 2.75) is 39.4 Å². The number of hydrogen-bond acceptors (Lipinski definition) is 3. The number of nitrogens with one attached hydrogen (secondary N) is 2. The highest BCUT2D eigenvalue weighted by atomic mass is 16.5. The van der Waals surface area contributed by atoms with E-state index < -0.39 is 0 Å². The molecule has 0 aliphatic rings. The van der Waals surface area contributed by atoms with Crippen molar-refractivity contribution in [2.24, 2.45) is 0 Å². The Bertz CT molecular complexity index is 668. The van der Waals surface area contributed by atoms with Crippen LogP contribution in [0.15, 0.2) is 48.5 Å². The molecule has 0 aliphatic heterocycles. The van der Waals surface area contributed by atoms with Crippen LogP contribution >= 0.6 is 0 Å². The minimum absolute atomic E-state index is 0.0151. The molecule has 0 saturated heterocycles. The maximum atomic E-state index is 12.3. The van der Waals surface area contributed by atoms with Gasteiger partial charge in [-0.15, -0.1) is 0 Å². The number of rotatable bonds is 7. The molecule has 4 nitrogen and oxygen atoms in total. The quantitative estimate of drug-likeness (QED) is 0.820. The third kappa shape index (κ3) is 4.83. The minimum atomic E-state index is -0.296. The molecule has 0 bridgehead atoms. The first kappa shape index (κ1) is 18.0. The summed E-state index contributed by atoms with van der Waals surface area (Å²) in [6.07, 6.45) is 0. The third-order valence-electron chi connectivity index (χ3n) is 4.09. The number of carbonyl (C=O) groups excluding carboxylic acids is 1. The number of para-hydroxylation sites is 1. The average molecular weight is 326 g/mol. The lowest BCUT2D eigenvalue weighted by atomic mass is 10.1. The molecule has 0 spiro atoms. The number of ether oxygens (including phenoxy) is 1. The topological polar surface area (TPSA) is 50.4 Å². The zero-order valence-electron chi connectivity index (χ0n) is 14.8. The molecule has 2 N–H and O–H groups in total. The smallest absolute Gasteiger partial charge is 0.237 e. The molecule has 2 rings (SSSR count). The van der Waals surface area contributed by atoms with Crippen molar-refractivity contribution in [3.8, 4) is 5.75 Å². The van der Waals surface area contributed by atoms with Gasteiger partial charge in [-0.25, -0.2) is 0 Å². The van der Waals surface area contributed by atoms with E-state index in [4.69, 9.17) is 4.74 Å². The van der Waals surface area contributed by atoms with E-state index in [0.717, 1.165) is 16.9 Å². The molecule has 2 aromatic rings. The van der Waals surface area contributed by atoms with Crippen LogP contribution in [0.4, 0.5) is 0 Å². The van der Waals surface area contributed by atoms with Crippen molar-refractivity contribution in [3.63, 3.8) is 0 Å². The molecule has 0 saturated carbocycles. The predicted octanol–water partition coefficient (Wildman–Crippen LogP) is 3.36. The Morgan fingerprint density at radius 2 is 1.75 bits per heavy atom. The number of methoxy groups -OCH3 is 1. The molecular formula is C20H26N2O2. The second-order valence-corrected chi connectivity index (χ2v) is 6.06. The van der Waals surface area contributed by atoms with Crippen LogP contribution in [-0.4, -0.2) is 19.1 Å². The number of aryl methyl sites for hydroxylation is 1. The number of benzene rings is 2. The molecule has 2 aromatic carbocycles. The highest BCUT2D eigenvalue weighted by molar-refractivity contribution is 5.81. The average Bonchev–Trinajstić information content (AvgIpc) is 2.60. The zero-order valence-corrected chi connectivity index (χ0v) is 14.8. The van der Waals surface area contributed by atoms with Crippen LogP contribution in [0.2, 0.25) is 0 Å². The van der Waals surface area contributed by atoms with Crippen molar-refractivity contribution in [3.05, 3.63) is 65.2 Å². The van der Waals surface area contributed by atoms with Gasteiger partial charge >= 0.3 is 0 Å². The Morgan fingerprint density at radius 3 is 2.42 bits per heavy atom. The van der Waals surface area contributed by atoms with Crippen LogP contribution in [0.25, 0.3) is 0 Å². The van der Waals surface area contributed by atoms with Crippen LogP contribution in [0.5, 0.6) is 5.75 Å². The van der Waals surface area contributed by atoms with E-state index in [0.29, 0.717) is 6.54 Å². The van der Waals surface area contributed by atoms with Gasteiger partial charge in [0.1, 0.15) is 5.75 Å². The summed E-state index contributed by atoms with van der Waals surface area (Å²) in [5.41, 5.74) is 3.35. The lowest BCUT2D eigenvalue weighted by molar-refractivity contribution is -0.123. The Labute approximate surface area is 144 Å². The van der Waals surface area contributed by atoms with Gasteiger partial charge in [0.25, 0.3) is 0 Å². The second kappa shape index (κ2) is 8.50. The molecular weight excluding hydrogens is 300 g/mol. The molecule has 128 valence electrons. The predicted molar refractivity (Wildman–Crippen MR) is 97.0 cm³/mol. The molecule has 0 heterocycles. The van der Waals surface area contributed by atoms with Crippen LogP contribution < -0.4 is 15.4 Å². The molecule has 0 aromatic heterocycles. The van der Waals surface area contributed by atoms with E-state index in [-0.39, 0.29) is 18.0 Å². The highest BCUT2D eigenvalue weighted by Gasteiger charge is 2.18. The monoisotopic (exact) mass is 326 g/mol. The van der Waals surface area contributed by atoms with Gasteiger partial charge in [0, 0.05) is 18.2 Å². The van der Waals surface area contributed by atoms with Gasteiger partial charge in [-0.3, -0.25) is 10.1 Å². The fourth-order valence-electron chi connectivity index (χ4n) is 2.61. The van der Waals surface area contributed by atoms with Crippen molar-refractivity contribution in [1.82, 2.24) is 10.6 Å². The van der Waals surface area contributed by atoms with E-state index in [9.17, 15) is 4.79 Å². The van der Waals surface area contributed by atoms with Crippen molar-refractivity contribution >= 4 is 5.91 Å². The van der Waals surface area contributed by atoms with Gasteiger partial charge in [-0.2, -0.15) is 0 Å². The Morgan fingerprint density at radius 1 is 1.08 bits per heavy atom. The summed E-state index contributed by atoms with van der Waals surface area (Å²) >= 11 is 0. The van der Waals surface area contributed by atoms with Crippen LogP contribution in [0.3, 0.4) is 0 Å². The molecule has 0 fully saturated rings. The first-order valence-electron chi connectivity index (χ1n) is 8.23. The molecule has 1 amide bonds. The summed E-state index contributed by atoms with van der Waals surface area (Å²) in [5.74, 6) is 0.807. The summed E-state index contributed by atoms with van der Waals surface area (Å²) in [7, 11) is 1.66. The van der Waals surface area contributed by atoms with Crippen molar-refractivity contribution in [1.29, 1.82) is 0 Å². The highest BCUT2D eigenvalue weighted by Crippen LogP contribution is 2.24. The minimum Gasteiger partial charge on any atom is -0.496 e. The van der Waals surface area contributed by atoms with Gasteiger partial charge in [0.2, 0.25) is 5.91 Å². The van der Waals surface area contributed by atoms with Gasteiger partial charge in [-0.1, -0.05) is 48.0 Å². The lowest BCUT2D eigenvalue weighted by Gasteiger charge is -2.21. The standard InChI is InChI=1S/C20H26N2O2/c1-14-9-11-17(12-10-14)13-21-20(23)16(3)22-15(2)18-7-5-6-8-19(18)24-4/h5-12,15-16,22H,13H2,1-4H3,(H,21,23)/t15-,16+/m0/s1. The maximum Gasteiger partial charge on any atom is 0.237 e. The molecule has 0 unspecified atom stereocenters. The van der Waals surface area contributed by atoms with E-state index in [2.05, 4.69) is 10.6 Å². The number of carbonyl (C=O) groups is 1. The first-order valence-corrected chi connectivity index (χ1v) is 8.23. The van der Waals surface area contributed by atoms with Gasteiger partial charge in [0.15, 0.2) is 0 Å². The second-order valence-electron chi connectivity index (χ2n) is 6.06. The van der Waals surface area contributed by atoms with E-state index >= 15 is 0 Å². The lowest BCUT2D eigenvalue weighted by Crippen LogP contribution is -2.42. The third-order valence-corrected chi connectivity index (χ3v) is 4.09. The Balaban J connectivity index is 1.89. The van der Waals surface area contributed by atoms with Gasteiger partial charge in [-0.05, 0) is 32.4 Å². The molecule has 0 aliphatic carbocycles. The fourth-order valence-corrected chi connectivity index (χ4v) is 2.61. The van der Waals surface area contributed by atoms with Crippen molar-refractivity contribution < 1.29 is 9.53 Å². The largest absolute Gasteiger partial charge is 0.496 e. The molecule has 2 atom stereocenters.